The lowest BCUT2D eigenvalue weighted by Crippen LogP contribution is -1.96. The Hall–Kier alpha value is -2.80. The zero-order valence-electron chi connectivity index (χ0n) is 11.6. The Morgan fingerprint density at radius 3 is 2.82 bits per heavy atom. The van der Waals surface area contributed by atoms with Gasteiger partial charge in [0.2, 0.25) is 5.01 Å². The van der Waals surface area contributed by atoms with E-state index in [4.69, 9.17) is 5.11 Å². The zero-order chi connectivity index (χ0) is 15.5. The fraction of sp³-hybridized carbons (Fsp3) is 0.0667. The second-order valence-corrected chi connectivity index (χ2v) is 5.62. The van der Waals surface area contributed by atoms with E-state index >= 15 is 0 Å². The molecule has 0 aliphatic carbocycles. The van der Waals surface area contributed by atoms with Gasteiger partial charge in [-0.1, -0.05) is 6.07 Å². The number of aromatic carboxylic acids is 1. The van der Waals surface area contributed by atoms with Crippen LogP contribution >= 0.6 is 11.3 Å². The van der Waals surface area contributed by atoms with E-state index in [1.54, 1.807) is 6.20 Å². The van der Waals surface area contributed by atoms with E-state index in [1.165, 1.54) is 6.20 Å². The summed E-state index contributed by atoms with van der Waals surface area (Å²) in [5.74, 6) is 0.315. The molecule has 0 aliphatic rings. The number of carboxylic acids is 1. The number of thiazole rings is 1. The first-order chi connectivity index (χ1) is 10.6. The lowest BCUT2D eigenvalue weighted by Gasteiger charge is -2.06. The van der Waals surface area contributed by atoms with Crippen LogP contribution in [0.3, 0.4) is 0 Å². The summed E-state index contributed by atoms with van der Waals surface area (Å²) in [6.07, 6.45) is 3.25. The minimum atomic E-state index is -1.03. The van der Waals surface area contributed by atoms with E-state index in [2.05, 4.69) is 20.3 Å². The van der Waals surface area contributed by atoms with Gasteiger partial charge in [-0.15, -0.1) is 11.3 Å². The summed E-state index contributed by atoms with van der Waals surface area (Å²) >= 11 is 1.09. The first-order valence-electron chi connectivity index (χ1n) is 6.48. The molecule has 110 valence electrons. The van der Waals surface area contributed by atoms with E-state index < -0.39 is 5.97 Å². The van der Waals surface area contributed by atoms with Crippen LogP contribution < -0.4 is 5.32 Å². The highest BCUT2D eigenvalue weighted by Gasteiger charge is 2.11. The molecule has 0 saturated heterocycles. The molecule has 0 fully saturated rings. The van der Waals surface area contributed by atoms with Crippen molar-refractivity contribution in [1.29, 1.82) is 0 Å². The van der Waals surface area contributed by atoms with Crippen LogP contribution in [0.15, 0.2) is 42.7 Å². The van der Waals surface area contributed by atoms with E-state index in [1.807, 2.05) is 37.3 Å². The molecule has 3 aromatic heterocycles. The molecule has 0 spiro atoms. The topological polar surface area (TPSA) is 88.0 Å². The quantitative estimate of drug-likeness (QED) is 0.768. The number of aromatic nitrogens is 3. The predicted molar refractivity (Wildman–Crippen MR) is 84.6 cm³/mol. The molecule has 3 rings (SSSR count). The summed E-state index contributed by atoms with van der Waals surface area (Å²) in [7, 11) is 0. The summed E-state index contributed by atoms with van der Waals surface area (Å²) < 4.78 is 0. The largest absolute Gasteiger partial charge is 0.476 e. The molecular formula is C15H12N4O2S. The molecule has 3 heterocycles. The van der Waals surface area contributed by atoms with Crippen LogP contribution in [0.1, 0.15) is 15.4 Å². The van der Waals surface area contributed by atoms with Crippen LogP contribution in [0.2, 0.25) is 0 Å². The van der Waals surface area contributed by atoms with Crippen molar-refractivity contribution in [2.45, 2.75) is 6.92 Å². The molecule has 0 radical (unpaired) electrons. The fourth-order valence-corrected chi connectivity index (χ4v) is 2.59. The highest BCUT2D eigenvalue weighted by Crippen LogP contribution is 2.26. The molecule has 0 aliphatic heterocycles. The van der Waals surface area contributed by atoms with E-state index in [0.717, 1.165) is 16.9 Å². The molecule has 6 nitrogen and oxygen atoms in total. The minimum Gasteiger partial charge on any atom is -0.476 e. The molecule has 0 unspecified atom stereocenters. The Morgan fingerprint density at radius 2 is 2.09 bits per heavy atom. The van der Waals surface area contributed by atoms with Crippen molar-refractivity contribution in [3.8, 4) is 10.6 Å². The van der Waals surface area contributed by atoms with Gasteiger partial charge in [0.05, 0.1) is 10.6 Å². The van der Waals surface area contributed by atoms with Gasteiger partial charge >= 0.3 is 5.97 Å². The summed E-state index contributed by atoms with van der Waals surface area (Å²) in [5, 5.41) is 12.1. The Balaban J connectivity index is 1.87. The Labute approximate surface area is 130 Å². The van der Waals surface area contributed by atoms with Gasteiger partial charge in [-0.3, -0.25) is 0 Å². The van der Waals surface area contributed by atoms with Crippen LogP contribution in [0.5, 0.6) is 0 Å². The van der Waals surface area contributed by atoms with Crippen LogP contribution in [0.4, 0.5) is 11.6 Å². The van der Waals surface area contributed by atoms with Gasteiger partial charge in [0.1, 0.15) is 11.6 Å². The second kappa shape index (κ2) is 5.90. The minimum absolute atomic E-state index is 0.0514. The van der Waals surface area contributed by atoms with Crippen LogP contribution in [-0.2, 0) is 0 Å². The maximum atomic E-state index is 10.9. The average Bonchev–Trinajstić information content (AvgIpc) is 2.97. The number of hydrogen-bond acceptors (Lipinski definition) is 6. The Bertz CT molecular complexity index is 832. The average molecular weight is 312 g/mol. The predicted octanol–water partition coefficient (Wildman–Crippen LogP) is 3.35. The smallest absolute Gasteiger partial charge is 0.365 e. The van der Waals surface area contributed by atoms with Gasteiger partial charge in [0.25, 0.3) is 0 Å². The zero-order valence-corrected chi connectivity index (χ0v) is 12.5. The lowest BCUT2D eigenvalue weighted by atomic mass is 10.3. The fourth-order valence-electron chi connectivity index (χ4n) is 1.87. The van der Waals surface area contributed by atoms with Gasteiger partial charge in [-0.2, -0.15) is 0 Å². The van der Waals surface area contributed by atoms with Crippen LogP contribution in [-0.4, -0.2) is 26.0 Å². The number of rotatable bonds is 4. The molecule has 0 bridgehead atoms. The maximum Gasteiger partial charge on any atom is 0.365 e. The first-order valence-corrected chi connectivity index (χ1v) is 7.30. The lowest BCUT2D eigenvalue weighted by molar-refractivity contribution is 0.0696. The molecular weight excluding hydrogens is 300 g/mol. The van der Waals surface area contributed by atoms with Gasteiger partial charge in [-0.25, -0.2) is 19.7 Å². The molecule has 0 aromatic carbocycles. The van der Waals surface area contributed by atoms with Crippen molar-refractivity contribution < 1.29 is 9.90 Å². The highest BCUT2D eigenvalue weighted by atomic mass is 32.1. The SMILES string of the molecule is Cc1ccnc(Nc2cccc(-c3cnc(C(=O)O)s3)n2)c1. The van der Waals surface area contributed by atoms with Crippen molar-refractivity contribution in [3.05, 3.63) is 53.3 Å². The summed E-state index contributed by atoms with van der Waals surface area (Å²) in [5.41, 5.74) is 1.77. The van der Waals surface area contributed by atoms with Gasteiger partial charge in [0, 0.05) is 12.4 Å². The third kappa shape index (κ3) is 3.09. The van der Waals surface area contributed by atoms with E-state index in [9.17, 15) is 4.79 Å². The molecule has 0 amide bonds. The Kier molecular flexibility index (Phi) is 3.80. The molecule has 3 aromatic rings. The van der Waals surface area contributed by atoms with Gasteiger partial charge < -0.3 is 10.4 Å². The first kappa shape index (κ1) is 14.2. The Morgan fingerprint density at radius 1 is 1.23 bits per heavy atom. The number of carbonyl (C=O) groups is 1. The molecule has 7 heteroatoms. The van der Waals surface area contributed by atoms with Gasteiger partial charge in [-0.05, 0) is 36.8 Å². The normalized spacial score (nSPS) is 10.4. The number of hydrogen-bond donors (Lipinski definition) is 2. The van der Waals surface area contributed by atoms with Crippen molar-refractivity contribution >= 4 is 28.9 Å². The number of nitrogens with one attached hydrogen (secondary N) is 1. The van der Waals surface area contributed by atoms with Crippen LogP contribution in [0, 0.1) is 6.92 Å². The van der Waals surface area contributed by atoms with Gasteiger partial charge in [0.15, 0.2) is 0 Å². The molecule has 2 N–H and O–H groups in total. The third-order valence-corrected chi connectivity index (χ3v) is 3.87. The maximum absolute atomic E-state index is 10.9. The number of carboxylic acid groups (broad SMARTS) is 1. The number of pyridine rings is 2. The number of anilines is 2. The number of aryl methyl sites for hydroxylation is 1. The second-order valence-electron chi connectivity index (χ2n) is 4.59. The molecule has 0 saturated carbocycles. The van der Waals surface area contributed by atoms with Crippen molar-refractivity contribution in [2.24, 2.45) is 0 Å². The number of nitrogens with zero attached hydrogens (tertiary/aromatic N) is 3. The summed E-state index contributed by atoms with van der Waals surface area (Å²) in [6.45, 7) is 1.99. The third-order valence-electron chi connectivity index (χ3n) is 2.86. The van der Waals surface area contributed by atoms with E-state index in [0.29, 0.717) is 22.2 Å². The van der Waals surface area contributed by atoms with Crippen molar-refractivity contribution in [3.63, 3.8) is 0 Å². The monoisotopic (exact) mass is 312 g/mol. The summed E-state index contributed by atoms with van der Waals surface area (Å²) in [4.78, 5) is 24.2. The van der Waals surface area contributed by atoms with Crippen molar-refractivity contribution in [1.82, 2.24) is 15.0 Å². The molecule has 22 heavy (non-hydrogen) atoms. The highest BCUT2D eigenvalue weighted by molar-refractivity contribution is 7.16. The van der Waals surface area contributed by atoms with E-state index in [-0.39, 0.29) is 5.01 Å². The molecule has 0 atom stereocenters. The van der Waals surface area contributed by atoms with Crippen LogP contribution in [0.25, 0.3) is 10.6 Å². The van der Waals surface area contributed by atoms with Crippen molar-refractivity contribution in [2.75, 3.05) is 5.32 Å². The standard InChI is InChI=1S/C15H12N4O2S/c1-9-5-6-16-13(7-9)19-12-4-2-3-10(18-12)11-8-17-14(22-11)15(20)21/h2-8H,1H3,(H,20,21)(H,16,18,19). The summed E-state index contributed by atoms with van der Waals surface area (Å²) in [6, 6.07) is 9.32.